The molecule has 0 radical (unpaired) electrons. The van der Waals surface area contributed by atoms with Gasteiger partial charge in [0.15, 0.2) is 0 Å². The number of carboxylic acids is 1. The second-order valence-electron chi connectivity index (χ2n) is 5.26. The van der Waals surface area contributed by atoms with Gasteiger partial charge in [0.05, 0.1) is 5.92 Å². The van der Waals surface area contributed by atoms with E-state index in [1.165, 1.54) is 16.8 Å². The van der Waals surface area contributed by atoms with Crippen LogP contribution in [0.1, 0.15) is 20.8 Å². The lowest BCUT2D eigenvalue weighted by molar-refractivity contribution is -0.156. The summed E-state index contributed by atoms with van der Waals surface area (Å²) in [5.74, 6) is 2.88. The van der Waals surface area contributed by atoms with Crippen molar-refractivity contribution in [1.82, 2.24) is 9.80 Å². The molecule has 1 rings (SSSR count). The van der Waals surface area contributed by atoms with Crippen LogP contribution in [0.2, 0.25) is 0 Å². The molecule has 1 saturated heterocycles. The summed E-state index contributed by atoms with van der Waals surface area (Å²) in [7, 11) is 1.50. The van der Waals surface area contributed by atoms with E-state index in [1.807, 2.05) is 0 Å². The van der Waals surface area contributed by atoms with Gasteiger partial charge in [0.25, 0.3) is 5.91 Å². The minimum Gasteiger partial charge on any atom is -0.480 e. The SMILES string of the molecule is CC#CC(=O)N1CC(C(=O)N(C)C(C(=O)O)C(C)C)C1. The second-order valence-corrected chi connectivity index (χ2v) is 5.26. The summed E-state index contributed by atoms with van der Waals surface area (Å²) < 4.78 is 0. The zero-order valence-electron chi connectivity index (χ0n) is 12.2. The number of carboxylic acid groups (broad SMARTS) is 1. The molecule has 2 amide bonds. The molecule has 0 spiro atoms. The van der Waals surface area contributed by atoms with Gasteiger partial charge in [-0.05, 0) is 18.8 Å². The molecule has 1 N–H and O–H groups in total. The van der Waals surface area contributed by atoms with Crippen LogP contribution < -0.4 is 0 Å². The van der Waals surface area contributed by atoms with Gasteiger partial charge in [-0.1, -0.05) is 19.8 Å². The van der Waals surface area contributed by atoms with Crippen LogP contribution in [0.5, 0.6) is 0 Å². The maximum absolute atomic E-state index is 12.2. The van der Waals surface area contributed by atoms with Crippen LogP contribution in [-0.4, -0.2) is 58.9 Å². The molecule has 1 aliphatic rings. The Morgan fingerprint density at radius 3 is 2.25 bits per heavy atom. The van der Waals surface area contributed by atoms with Crippen molar-refractivity contribution in [1.29, 1.82) is 0 Å². The number of aliphatic carboxylic acids is 1. The standard InChI is InChI=1S/C14H20N2O4/c1-5-6-11(17)16-7-10(8-16)13(18)15(4)12(9(2)3)14(19)20/h9-10,12H,7-8H2,1-4H3,(H,19,20). The Kier molecular flexibility index (Phi) is 5.14. The number of hydrogen-bond acceptors (Lipinski definition) is 3. The van der Waals surface area contributed by atoms with Gasteiger partial charge in [0.1, 0.15) is 6.04 Å². The molecule has 20 heavy (non-hydrogen) atoms. The van der Waals surface area contributed by atoms with Gasteiger partial charge in [0.2, 0.25) is 5.91 Å². The molecule has 0 aromatic heterocycles. The zero-order valence-corrected chi connectivity index (χ0v) is 12.2. The fraction of sp³-hybridized carbons (Fsp3) is 0.643. The summed E-state index contributed by atoms with van der Waals surface area (Å²) in [6, 6.07) is -0.845. The number of hydrogen-bond donors (Lipinski definition) is 1. The first kappa shape index (κ1) is 16.0. The van der Waals surface area contributed by atoms with Crippen LogP contribution in [-0.2, 0) is 14.4 Å². The minimum atomic E-state index is -1.01. The van der Waals surface area contributed by atoms with E-state index in [2.05, 4.69) is 11.8 Å². The van der Waals surface area contributed by atoms with Crippen molar-refractivity contribution >= 4 is 17.8 Å². The van der Waals surface area contributed by atoms with E-state index in [9.17, 15) is 14.4 Å². The third-order valence-corrected chi connectivity index (χ3v) is 3.40. The Morgan fingerprint density at radius 1 is 1.30 bits per heavy atom. The van der Waals surface area contributed by atoms with Crippen LogP contribution in [0.25, 0.3) is 0 Å². The molecule has 0 aliphatic carbocycles. The molecule has 0 bridgehead atoms. The largest absolute Gasteiger partial charge is 0.480 e. The molecule has 6 nitrogen and oxygen atoms in total. The van der Waals surface area contributed by atoms with Gasteiger partial charge < -0.3 is 14.9 Å². The van der Waals surface area contributed by atoms with Gasteiger partial charge in [-0.3, -0.25) is 9.59 Å². The average molecular weight is 280 g/mol. The first-order valence-corrected chi connectivity index (χ1v) is 6.50. The molecule has 1 atom stereocenters. The van der Waals surface area contributed by atoms with Gasteiger partial charge >= 0.3 is 5.97 Å². The Bertz CT molecular complexity index is 469. The van der Waals surface area contributed by atoms with Crippen molar-refractivity contribution in [2.75, 3.05) is 20.1 Å². The molecule has 1 fully saturated rings. The molecule has 6 heteroatoms. The highest BCUT2D eigenvalue weighted by Crippen LogP contribution is 2.20. The van der Waals surface area contributed by atoms with E-state index in [4.69, 9.17) is 5.11 Å². The summed E-state index contributed by atoms with van der Waals surface area (Å²) in [6.07, 6.45) is 0. The Morgan fingerprint density at radius 2 is 1.85 bits per heavy atom. The molecule has 110 valence electrons. The Labute approximate surface area is 118 Å². The average Bonchev–Trinajstić information content (AvgIpc) is 2.25. The monoisotopic (exact) mass is 280 g/mol. The molecule has 1 aliphatic heterocycles. The fourth-order valence-corrected chi connectivity index (χ4v) is 2.31. The maximum atomic E-state index is 12.2. The highest BCUT2D eigenvalue weighted by molar-refractivity contribution is 5.95. The quantitative estimate of drug-likeness (QED) is 0.737. The predicted molar refractivity (Wildman–Crippen MR) is 72.6 cm³/mol. The third-order valence-electron chi connectivity index (χ3n) is 3.40. The van der Waals surface area contributed by atoms with Crippen molar-refractivity contribution in [3.8, 4) is 11.8 Å². The summed E-state index contributed by atoms with van der Waals surface area (Å²) >= 11 is 0. The number of rotatable bonds is 4. The lowest BCUT2D eigenvalue weighted by atomic mass is 9.95. The minimum absolute atomic E-state index is 0.176. The van der Waals surface area contributed by atoms with E-state index in [-0.39, 0.29) is 23.7 Å². The Balaban J connectivity index is 2.62. The van der Waals surface area contributed by atoms with Crippen molar-refractivity contribution in [3.05, 3.63) is 0 Å². The Hall–Kier alpha value is -2.03. The smallest absolute Gasteiger partial charge is 0.326 e. The van der Waals surface area contributed by atoms with Crippen LogP contribution in [0.3, 0.4) is 0 Å². The fourth-order valence-electron chi connectivity index (χ4n) is 2.31. The first-order chi connectivity index (χ1) is 9.29. The molecular weight excluding hydrogens is 260 g/mol. The van der Waals surface area contributed by atoms with E-state index in [1.54, 1.807) is 20.8 Å². The van der Waals surface area contributed by atoms with Gasteiger partial charge in [0, 0.05) is 20.1 Å². The summed E-state index contributed by atoms with van der Waals surface area (Å²) in [5.41, 5.74) is 0. The molecule has 0 saturated carbocycles. The number of carbonyl (C=O) groups is 3. The van der Waals surface area contributed by atoms with Crippen molar-refractivity contribution in [2.45, 2.75) is 26.8 Å². The summed E-state index contributed by atoms with van der Waals surface area (Å²) in [5, 5.41) is 9.17. The van der Waals surface area contributed by atoms with Crippen molar-refractivity contribution in [3.63, 3.8) is 0 Å². The van der Waals surface area contributed by atoms with E-state index in [0.29, 0.717) is 13.1 Å². The highest BCUT2D eigenvalue weighted by Gasteiger charge is 2.40. The maximum Gasteiger partial charge on any atom is 0.326 e. The van der Waals surface area contributed by atoms with Gasteiger partial charge in [-0.2, -0.15) is 0 Å². The second kappa shape index (κ2) is 6.42. The molecular formula is C14H20N2O4. The summed E-state index contributed by atoms with van der Waals surface area (Å²) in [4.78, 5) is 37.6. The lowest BCUT2D eigenvalue weighted by Crippen LogP contribution is -2.58. The molecule has 1 heterocycles. The molecule has 0 aromatic rings. The van der Waals surface area contributed by atoms with Crippen molar-refractivity contribution < 1.29 is 19.5 Å². The lowest BCUT2D eigenvalue weighted by Gasteiger charge is -2.40. The van der Waals surface area contributed by atoms with E-state index >= 15 is 0 Å². The van der Waals surface area contributed by atoms with Crippen LogP contribution in [0.15, 0.2) is 0 Å². The third kappa shape index (κ3) is 3.29. The van der Waals surface area contributed by atoms with Crippen LogP contribution >= 0.6 is 0 Å². The first-order valence-electron chi connectivity index (χ1n) is 6.50. The topological polar surface area (TPSA) is 77.9 Å². The highest BCUT2D eigenvalue weighted by atomic mass is 16.4. The van der Waals surface area contributed by atoms with Crippen LogP contribution in [0.4, 0.5) is 0 Å². The zero-order chi connectivity index (χ0) is 15.4. The number of likely N-dealkylation sites (tertiary alicyclic amines) is 1. The number of amides is 2. The normalized spacial score (nSPS) is 15.9. The van der Waals surface area contributed by atoms with E-state index < -0.39 is 12.0 Å². The number of carbonyl (C=O) groups excluding carboxylic acids is 2. The van der Waals surface area contributed by atoms with Gasteiger partial charge in [-0.15, -0.1) is 0 Å². The number of likely N-dealkylation sites (N-methyl/N-ethyl adjacent to an activating group) is 1. The molecule has 1 unspecified atom stereocenters. The van der Waals surface area contributed by atoms with Crippen molar-refractivity contribution in [2.24, 2.45) is 11.8 Å². The van der Waals surface area contributed by atoms with E-state index in [0.717, 1.165) is 0 Å². The molecule has 0 aromatic carbocycles. The number of nitrogens with zero attached hydrogens (tertiary/aromatic N) is 2. The van der Waals surface area contributed by atoms with Gasteiger partial charge in [-0.25, -0.2) is 4.79 Å². The van der Waals surface area contributed by atoms with Crippen LogP contribution in [0, 0.1) is 23.7 Å². The summed E-state index contributed by atoms with van der Waals surface area (Å²) in [6.45, 7) is 5.71. The predicted octanol–water partition coefficient (Wildman–Crippen LogP) is 0.0357.